The van der Waals surface area contributed by atoms with E-state index in [4.69, 9.17) is 0 Å². The van der Waals surface area contributed by atoms with E-state index in [1.54, 1.807) is 0 Å². The molecule has 2 rings (SSSR count). The van der Waals surface area contributed by atoms with E-state index in [2.05, 4.69) is 82.3 Å². The molecule has 0 amide bonds. The summed E-state index contributed by atoms with van der Waals surface area (Å²) in [6.07, 6.45) is 0. The lowest BCUT2D eigenvalue weighted by Crippen LogP contribution is -2.09. The van der Waals surface area contributed by atoms with Crippen molar-refractivity contribution in [3.8, 4) is 0 Å². The molecule has 1 aromatic heterocycles. The number of nitrogens with one attached hydrogen (secondary N) is 1. The summed E-state index contributed by atoms with van der Waals surface area (Å²) >= 11 is 1.90. The summed E-state index contributed by atoms with van der Waals surface area (Å²) in [5, 5.41) is 3.55. The minimum absolute atomic E-state index is 0.242. The smallest absolute Gasteiger partial charge is 0.0494 e. The second-order valence-corrected chi connectivity index (χ2v) is 7.93. The molecule has 0 fully saturated rings. The fourth-order valence-corrected chi connectivity index (χ4v) is 3.19. The molecule has 0 bridgehead atoms. The summed E-state index contributed by atoms with van der Waals surface area (Å²) in [5.41, 5.74) is 3.98. The average Bonchev–Trinajstić information content (AvgIpc) is 2.85. The molecule has 1 heterocycles. The van der Waals surface area contributed by atoms with Crippen LogP contribution in [0, 0.1) is 6.92 Å². The maximum Gasteiger partial charge on any atom is 0.0494 e. The summed E-state index contributed by atoms with van der Waals surface area (Å²) in [4.78, 5) is 4.96. The van der Waals surface area contributed by atoms with Crippen molar-refractivity contribution in [2.75, 3.05) is 24.3 Å². The molecule has 2 nitrogen and oxygen atoms in total. The lowest BCUT2D eigenvalue weighted by atomic mass is 9.95. The molecule has 0 saturated heterocycles. The number of hydrogen-bond acceptors (Lipinski definition) is 3. The molecule has 0 aliphatic heterocycles. The minimum atomic E-state index is 0.242. The van der Waals surface area contributed by atoms with Gasteiger partial charge in [0.25, 0.3) is 0 Å². The van der Waals surface area contributed by atoms with E-state index in [-0.39, 0.29) is 5.41 Å². The zero-order valence-corrected chi connectivity index (χ0v) is 14.8. The summed E-state index contributed by atoms with van der Waals surface area (Å²) in [5.74, 6) is 0. The number of anilines is 2. The first-order valence-electron chi connectivity index (χ1n) is 7.38. The molecule has 3 heteroatoms. The van der Waals surface area contributed by atoms with Crippen molar-refractivity contribution < 1.29 is 0 Å². The largest absolute Gasteiger partial charge is 0.380 e. The van der Waals surface area contributed by atoms with E-state index in [0.717, 1.165) is 6.54 Å². The maximum absolute atomic E-state index is 3.55. The van der Waals surface area contributed by atoms with Crippen molar-refractivity contribution in [2.24, 2.45) is 0 Å². The first-order chi connectivity index (χ1) is 9.77. The van der Waals surface area contributed by atoms with Crippen LogP contribution in [0.15, 0.2) is 30.3 Å². The Morgan fingerprint density at radius 1 is 1.10 bits per heavy atom. The lowest BCUT2D eigenvalue weighted by molar-refractivity contribution is 0.604. The van der Waals surface area contributed by atoms with E-state index < -0.39 is 0 Å². The molecule has 0 saturated carbocycles. The number of nitrogens with zero attached hydrogens (tertiary/aromatic N) is 1. The highest BCUT2D eigenvalue weighted by Gasteiger charge is 2.15. The van der Waals surface area contributed by atoms with Gasteiger partial charge in [0, 0.05) is 41.8 Å². The molecular weight excluding hydrogens is 276 g/mol. The Morgan fingerprint density at radius 2 is 1.81 bits per heavy atom. The van der Waals surface area contributed by atoms with Crippen LogP contribution in [-0.2, 0) is 12.0 Å². The molecule has 1 aromatic carbocycles. The van der Waals surface area contributed by atoms with Crippen molar-refractivity contribution in [3.05, 3.63) is 45.6 Å². The Hall–Kier alpha value is -1.48. The highest BCUT2D eigenvalue weighted by molar-refractivity contribution is 7.12. The fourth-order valence-electron chi connectivity index (χ4n) is 2.18. The third-order valence-corrected chi connectivity index (χ3v) is 5.09. The third-order valence-electron chi connectivity index (χ3n) is 3.58. The number of aryl methyl sites for hydroxylation is 1. The van der Waals surface area contributed by atoms with Gasteiger partial charge < -0.3 is 10.2 Å². The molecule has 0 radical (unpaired) electrons. The summed E-state index contributed by atoms with van der Waals surface area (Å²) in [6, 6.07) is 11.0. The van der Waals surface area contributed by atoms with Crippen LogP contribution in [0.5, 0.6) is 0 Å². The van der Waals surface area contributed by atoms with Crippen LogP contribution >= 0.6 is 11.3 Å². The highest BCUT2D eigenvalue weighted by atomic mass is 32.1. The highest BCUT2D eigenvalue weighted by Crippen LogP contribution is 2.30. The van der Waals surface area contributed by atoms with Gasteiger partial charge in [-0.3, -0.25) is 0 Å². The van der Waals surface area contributed by atoms with E-state index in [1.807, 2.05) is 11.3 Å². The van der Waals surface area contributed by atoms with Gasteiger partial charge in [0.15, 0.2) is 0 Å². The number of thiophene rings is 1. The quantitative estimate of drug-likeness (QED) is 0.852. The molecule has 21 heavy (non-hydrogen) atoms. The van der Waals surface area contributed by atoms with Crippen molar-refractivity contribution >= 4 is 22.7 Å². The van der Waals surface area contributed by atoms with Crippen molar-refractivity contribution in [2.45, 2.75) is 39.7 Å². The Balaban J connectivity index is 2.05. The molecule has 0 unspecified atom stereocenters. The Labute approximate surface area is 132 Å². The van der Waals surface area contributed by atoms with Gasteiger partial charge in [-0.25, -0.2) is 0 Å². The van der Waals surface area contributed by atoms with Gasteiger partial charge in [0.05, 0.1) is 0 Å². The fraction of sp³-hybridized carbons (Fsp3) is 0.444. The van der Waals surface area contributed by atoms with Crippen LogP contribution in [0.2, 0.25) is 0 Å². The van der Waals surface area contributed by atoms with Crippen LogP contribution in [-0.4, -0.2) is 14.1 Å². The van der Waals surface area contributed by atoms with Crippen molar-refractivity contribution in [1.29, 1.82) is 0 Å². The van der Waals surface area contributed by atoms with Crippen LogP contribution in [0.4, 0.5) is 11.4 Å². The number of benzene rings is 1. The Kier molecular flexibility index (Phi) is 4.62. The summed E-state index contributed by atoms with van der Waals surface area (Å²) in [7, 11) is 4.14. The van der Waals surface area contributed by atoms with Gasteiger partial charge in [-0.1, -0.05) is 20.8 Å². The average molecular weight is 302 g/mol. The zero-order valence-electron chi connectivity index (χ0n) is 13.9. The monoisotopic (exact) mass is 302 g/mol. The second-order valence-electron chi connectivity index (χ2n) is 6.76. The third kappa shape index (κ3) is 4.01. The van der Waals surface area contributed by atoms with Gasteiger partial charge in [-0.05, 0) is 48.2 Å². The molecule has 0 spiro atoms. The predicted octanol–water partition coefficient (Wildman–Crippen LogP) is 5.03. The molecule has 0 aliphatic carbocycles. The first-order valence-corrected chi connectivity index (χ1v) is 8.20. The molecule has 0 aliphatic rings. The van der Waals surface area contributed by atoms with E-state index in [1.165, 1.54) is 26.7 Å². The van der Waals surface area contributed by atoms with Gasteiger partial charge in [-0.2, -0.15) is 0 Å². The van der Waals surface area contributed by atoms with Crippen molar-refractivity contribution in [3.63, 3.8) is 0 Å². The van der Waals surface area contributed by atoms with E-state index >= 15 is 0 Å². The van der Waals surface area contributed by atoms with Gasteiger partial charge in [0.1, 0.15) is 0 Å². The van der Waals surface area contributed by atoms with Crippen LogP contribution < -0.4 is 10.2 Å². The van der Waals surface area contributed by atoms with Crippen LogP contribution in [0.3, 0.4) is 0 Å². The maximum atomic E-state index is 3.55. The Morgan fingerprint density at radius 3 is 2.33 bits per heavy atom. The van der Waals surface area contributed by atoms with Gasteiger partial charge >= 0.3 is 0 Å². The van der Waals surface area contributed by atoms with E-state index in [9.17, 15) is 0 Å². The molecule has 1 N–H and O–H groups in total. The first kappa shape index (κ1) is 15.9. The molecule has 2 aromatic rings. The minimum Gasteiger partial charge on any atom is -0.380 e. The lowest BCUT2D eigenvalue weighted by Gasteiger charge is -2.16. The standard InChI is InChI=1S/C18H26N2S/c1-13-11-14(20(5)6)7-9-16(13)19-12-15-8-10-17(21-15)18(2,3)4/h7-11,19H,12H2,1-6H3. The molecule has 0 atom stereocenters. The second kappa shape index (κ2) is 6.10. The zero-order chi connectivity index (χ0) is 15.6. The SMILES string of the molecule is Cc1cc(N(C)C)ccc1NCc1ccc(C(C)(C)C)s1. The Bertz CT molecular complexity index is 606. The van der Waals surface area contributed by atoms with Gasteiger partial charge in [-0.15, -0.1) is 11.3 Å². The normalized spacial score (nSPS) is 11.5. The molecular formula is C18H26N2S. The van der Waals surface area contributed by atoms with Crippen LogP contribution in [0.25, 0.3) is 0 Å². The number of hydrogen-bond donors (Lipinski definition) is 1. The predicted molar refractivity (Wildman–Crippen MR) is 95.9 cm³/mol. The van der Waals surface area contributed by atoms with E-state index in [0.29, 0.717) is 0 Å². The summed E-state index contributed by atoms with van der Waals surface area (Å²) in [6.45, 7) is 9.84. The topological polar surface area (TPSA) is 15.3 Å². The summed E-state index contributed by atoms with van der Waals surface area (Å²) < 4.78 is 0. The van der Waals surface area contributed by atoms with Crippen molar-refractivity contribution in [1.82, 2.24) is 0 Å². The van der Waals surface area contributed by atoms with Gasteiger partial charge in [0.2, 0.25) is 0 Å². The van der Waals surface area contributed by atoms with Crippen LogP contribution in [0.1, 0.15) is 36.1 Å². The number of rotatable bonds is 4. The molecule has 114 valence electrons.